The van der Waals surface area contributed by atoms with Crippen molar-refractivity contribution in [1.29, 1.82) is 0 Å². The number of carbonyl (C=O) groups excluding carboxylic acids is 1. The largest absolute Gasteiger partial charge is 0.478 e. The summed E-state index contributed by atoms with van der Waals surface area (Å²) in [7, 11) is 0. The molecular formula is C22H23NO4. The van der Waals surface area contributed by atoms with E-state index in [9.17, 15) is 9.59 Å². The van der Waals surface area contributed by atoms with Gasteiger partial charge in [0.25, 0.3) is 0 Å². The number of aliphatic carboxylic acids is 1. The highest BCUT2D eigenvalue weighted by Crippen LogP contribution is 2.44. The van der Waals surface area contributed by atoms with Crippen LogP contribution in [0.15, 0.2) is 60.7 Å². The molecule has 27 heavy (non-hydrogen) atoms. The standard InChI is InChI=1S/C22H23NO4/c1-22(2,13-7-12-20(24)25)23-21(26)27-14-19-17-10-5-3-8-15(17)16-9-4-6-11-18(16)19/h3-12,19H,13-14H2,1-2H3,(H,23,26)(H,24,25)/b12-7+. The Morgan fingerprint density at radius 3 is 2.19 bits per heavy atom. The minimum Gasteiger partial charge on any atom is -0.478 e. The zero-order valence-electron chi connectivity index (χ0n) is 15.4. The molecule has 0 saturated heterocycles. The number of carboxylic acids is 1. The molecule has 0 heterocycles. The average Bonchev–Trinajstić information content (AvgIpc) is 2.93. The summed E-state index contributed by atoms with van der Waals surface area (Å²) in [6, 6.07) is 16.3. The molecule has 0 unspecified atom stereocenters. The van der Waals surface area contributed by atoms with E-state index in [0.717, 1.165) is 17.2 Å². The van der Waals surface area contributed by atoms with Crippen LogP contribution in [0.3, 0.4) is 0 Å². The highest BCUT2D eigenvalue weighted by atomic mass is 16.5. The molecule has 0 aromatic heterocycles. The number of hydrogen-bond donors (Lipinski definition) is 2. The molecule has 2 aromatic carbocycles. The van der Waals surface area contributed by atoms with Gasteiger partial charge in [0.2, 0.25) is 0 Å². The molecule has 5 nitrogen and oxygen atoms in total. The van der Waals surface area contributed by atoms with Gasteiger partial charge in [0.05, 0.1) is 0 Å². The Hall–Kier alpha value is -3.08. The van der Waals surface area contributed by atoms with Crippen LogP contribution < -0.4 is 5.32 Å². The Morgan fingerprint density at radius 2 is 1.63 bits per heavy atom. The zero-order chi connectivity index (χ0) is 19.4. The number of hydrogen-bond acceptors (Lipinski definition) is 3. The van der Waals surface area contributed by atoms with Crippen LogP contribution >= 0.6 is 0 Å². The van der Waals surface area contributed by atoms with Crippen molar-refractivity contribution in [1.82, 2.24) is 5.32 Å². The number of nitrogens with one attached hydrogen (secondary N) is 1. The van der Waals surface area contributed by atoms with E-state index in [0.29, 0.717) is 6.42 Å². The lowest BCUT2D eigenvalue weighted by Gasteiger charge is -2.25. The average molecular weight is 365 g/mol. The minimum atomic E-state index is -1.01. The van der Waals surface area contributed by atoms with Gasteiger partial charge in [-0.05, 0) is 42.5 Å². The van der Waals surface area contributed by atoms with Crippen molar-refractivity contribution >= 4 is 12.1 Å². The van der Waals surface area contributed by atoms with Crippen LogP contribution in [0.5, 0.6) is 0 Å². The summed E-state index contributed by atoms with van der Waals surface area (Å²) in [4.78, 5) is 22.8. The molecule has 1 amide bonds. The van der Waals surface area contributed by atoms with Crippen LogP contribution in [0.1, 0.15) is 37.3 Å². The minimum absolute atomic E-state index is 0.0122. The van der Waals surface area contributed by atoms with Crippen LogP contribution in [0, 0.1) is 0 Å². The Labute approximate surface area is 158 Å². The van der Waals surface area contributed by atoms with E-state index in [-0.39, 0.29) is 12.5 Å². The predicted octanol–water partition coefficient (Wildman–Crippen LogP) is 4.33. The number of amides is 1. The van der Waals surface area contributed by atoms with Crippen molar-refractivity contribution in [3.8, 4) is 11.1 Å². The third-order valence-corrected chi connectivity index (χ3v) is 4.67. The van der Waals surface area contributed by atoms with Crippen LogP contribution in [0.25, 0.3) is 11.1 Å². The molecule has 0 saturated carbocycles. The first kappa shape index (κ1) is 18.7. The SMILES string of the molecule is CC(C)(C/C=C/C(=O)O)NC(=O)OCC1c2ccccc2-c2ccccc21. The second-order valence-electron chi connectivity index (χ2n) is 7.28. The molecule has 0 spiro atoms. The molecule has 0 aliphatic heterocycles. The lowest BCUT2D eigenvalue weighted by Crippen LogP contribution is -2.43. The summed E-state index contributed by atoms with van der Waals surface area (Å²) in [6.07, 6.45) is 2.47. The lowest BCUT2D eigenvalue weighted by molar-refractivity contribution is -0.131. The van der Waals surface area contributed by atoms with Gasteiger partial charge in [0.15, 0.2) is 0 Å². The first-order valence-corrected chi connectivity index (χ1v) is 8.90. The second kappa shape index (κ2) is 7.66. The Bertz CT molecular complexity index is 840. The van der Waals surface area contributed by atoms with Crippen molar-refractivity contribution in [3.05, 3.63) is 71.8 Å². The molecular weight excluding hydrogens is 342 g/mol. The number of rotatable bonds is 6. The second-order valence-corrected chi connectivity index (χ2v) is 7.28. The third-order valence-electron chi connectivity index (χ3n) is 4.67. The summed E-state index contributed by atoms with van der Waals surface area (Å²) in [5.41, 5.74) is 4.09. The van der Waals surface area contributed by atoms with Gasteiger partial charge >= 0.3 is 12.1 Å². The smallest absolute Gasteiger partial charge is 0.407 e. The molecule has 1 aliphatic rings. The van der Waals surface area contributed by atoms with E-state index >= 15 is 0 Å². The van der Waals surface area contributed by atoms with E-state index in [1.807, 2.05) is 38.1 Å². The van der Waals surface area contributed by atoms with Gasteiger partial charge in [-0.15, -0.1) is 0 Å². The van der Waals surface area contributed by atoms with Crippen LogP contribution in [0.4, 0.5) is 4.79 Å². The fourth-order valence-corrected chi connectivity index (χ4v) is 3.42. The van der Waals surface area contributed by atoms with E-state index in [2.05, 4.69) is 29.6 Å². The first-order valence-electron chi connectivity index (χ1n) is 8.90. The Morgan fingerprint density at radius 1 is 1.07 bits per heavy atom. The third kappa shape index (κ3) is 4.37. The maximum Gasteiger partial charge on any atom is 0.407 e. The Kier molecular flexibility index (Phi) is 5.31. The molecule has 0 fully saturated rings. The summed E-state index contributed by atoms with van der Waals surface area (Å²) >= 11 is 0. The van der Waals surface area contributed by atoms with Gasteiger partial charge in [-0.2, -0.15) is 0 Å². The number of fused-ring (bicyclic) bond motifs is 3. The van der Waals surface area contributed by atoms with E-state index in [1.54, 1.807) is 0 Å². The topological polar surface area (TPSA) is 75.6 Å². The maximum atomic E-state index is 12.3. The Balaban J connectivity index is 1.65. The predicted molar refractivity (Wildman–Crippen MR) is 104 cm³/mol. The number of benzene rings is 2. The summed E-state index contributed by atoms with van der Waals surface area (Å²) in [6.45, 7) is 3.89. The van der Waals surface area contributed by atoms with Gasteiger partial charge in [-0.25, -0.2) is 9.59 Å². The quantitative estimate of drug-likeness (QED) is 0.747. The zero-order valence-corrected chi connectivity index (χ0v) is 15.4. The van der Waals surface area contributed by atoms with Gasteiger partial charge in [0, 0.05) is 17.5 Å². The molecule has 1 aliphatic carbocycles. The van der Waals surface area contributed by atoms with E-state index < -0.39 is 17.6 Å². The molecule has 0 bridgehead atoms. The molecule has 140 valence electrons. The van der Waals surface area contributed by atoms with Crippen LogP contribution in [0.2, 0.25) is 0 Å². The maximum absolute atomic E-state index is 12.3. The highest BCUT2D eigenvalue weighted by Gasteiger charge is 2.29. The molecule has 3 rings (SSSR count). The highest BCUT2D eigenvalue weighted by molar-refractivity contribution is 5.80. The van der Waals surface area contributed by atoms with Crippen LogP contribution in [-0.4, -0.2) is 29.3 Å². The number of alkyl carbamates (subject to hydrolysis) is 1. The normalized spacial score (nSPS) is 13.3. The lowest BCUT2D eigenvalue weighted by atomic mass is 9.98. The molecule has 5 heteroatoms. The van der Waals surface area contributed by atoms with Crippen molar-refractivity contribution in [3.63, 3.8) is 0 Å². The van der Waals surface area contributed by atoms with Gasteiger partial charge in [-0.1, -0.05) is 54.6 Å². The molecule has 2 aromatic rings. The van der Waals surface area contributed by atoms with Crippen molar-refractivity contribution < 1.29 is 19.4 Å². The van der Waals surface area contributed by atoms with E-state index in [4.69, 9.17) is 9.84 Å². The molecule has 0 atom stereocenters. The molecule has 0 radical (unpaired) electrons. The number of ether oxygens (including phenoxy) is 1. The summed E-state index contributed by atoms with van der Waals surface area (Å²) < 4.78 is 5.51. The fraction of sp³-hybridized carbons (Fsp3) is 0.273. The van der Waals surface area contributed by atoms with E-state index in [1.165, 1.54) is 17.2 Å². The van der Waals surface area contributed by atoms with Gasteiger partial charge < -0.3 is 15.2 Å². The summed E-state index contributed by atoms with van der Waals surface area (Å²) in [5.74, 6) is -0.995. The monoisotopic (exact) mass is 365 g/mol. The number of carboxylic acid groups (broad SMARTS) is 1. The van der Waals surface area contributed by atoms with Crippen molar-refractivity contribution in [2.45, 2.75) is 31.7 Å². The van der Waals surface area contributed by atoms with Crippen molar-refractivity contribution in [2.75, 3.05) is 6.61 Å². The fourth-order valence-electron chi connectivity index (χ4n) is 3.42. The van der Waals surface area contributed by atoms with Gasteiger partial charge in [0.1, 0.15) is 6.61 Å². The van der Waals surface area contributed by atoms with Crippen molar-refractivity contribution in [2.24, 2.45) is 0 Å². The van der Waals surface area contributed by atoms with Crippen LogP contribution in [-0.2, 0) is 9.53 Å². The summed E-state index contributed by atoms with van der Waals surface area (Å²) in [5, 5.41) is 11.5. The first-order chi connectivity index (χ1) is 12.9. The van der Waals surface area contributed by atoms with Gasteiger partial charge in [-0.3, -0.25) is 0 Å². The number of carbonyl (C=O) groups is 2. The molecule has 2 N–H and O–H groups in total.